The molecule has 0 aliphatic heterocycles. The van der Waals surface area contributed by atoms with E-state index < -0.39 is 0 Å². The fourth-order valence-electron chi connectivity index (χ4n) is 2.48. The lowest BCUT2D eigenvalue weighted by atomic mass is 10.1. The van der Waals surface area contributed by atoms with Gasteiger partial charge >= 0.3 is 0 Å². The van der Waals surface area contributed by atoms with Crippen molar-refractivity contribution in [3.63, 3.8) is 0 Å². The largest absolute Gasteiger partial charge is 0.394 e. The van der Waals surface area contributed by atoms with Crippen LogP contribution in [0, 0.1) is 26.6 Å². The van der Waals surface area contributed by atoms with Gasteiger partial charge in [-0.1, -0.05) is 19.1 Å². The van der Waals surface area contributed by atoms with E-state index in [-0.39, 0.29) is 5.82 Å². The Morgan fingerprint density at radius 3 is 2.43 bits per heavy atom. The zero-order valence-electron chi connectivity index (χ0n) is 13.1. The van der Waals surface area contributed by atoms with Gasteiger partial charge in [0.05, 0.1) is 11.4 Å². The molecule has 0 atom stereocenters. The minimum Gasteiger partial charge on any atom is -0.394 e. The van der Waals surface area contributed by atoms with Gasteiger partial charge in [-0.15, -0.1) is 0 Å². The van der Waals surface area contributed by atoms with Gasteiger partial charge in [0.25, 0.3) is 0 Å². The summed E-state index contributed by atoms with van der Waals surface area (Å²) in [5.74, 6) is 0.708. The van der Waals surface area contributed by atoms with Gasteiger partial charge in [-0.05, 0) is 43.9 Å². The predicted octanol–water partition coefficient (Wildman–Crippen LogP) is 3.55. The maximum atomic E-state index is 13.7. The second kappa shape index (κ2) is 6.16. The van der Waals surface area contributed by atoms with Crippen LogP contribution in [0.4, 0.5) is 15.9 Å². The zero-order valence-corrected chi connectivity index (χ0v) is 13.1. The highest BCUT2D eigenvalue weighted by Gasteiger charge is 2.12. The van der Waals surface area contributed by atoms with Gasteiger partial charge in [0.1, 0.15) is 11.6 Å². The molecule has 2 rings (SSSR count). The van der Waals surface area contributed by atoms with Crippen LogP contribution in [0.3, 0.4) is 0 Å². The van der Waals surface area contributed by atoms with Crippen molar-refractivity contribution >= 4 is 11.5 Å². The van der Waals surface area contributed by atoms with E-state index in [0.29, 0.717) is 23.4 Å². The molecule has 0 saturated heterocycles. The van der Waals surface area contributed by atoms with Crippen LogP contribution in [-0.4, -0.2) is 9.78 Å². The van der Waals surface area contributed by atoms with Crippen molar-refractivity contribution in [2.75, 3.05) is 11.1 Å². The Labute approximate surface area is 125 Å². The number of aromatic nitrogens is 2. The van der Waals surface area contributed by atoms with Gasteiger partial charge in [-0.2, -0.15) is 5.10 Å². The lowest BCUT2D eigenvalue weighted by molar-refractivity contribution is 0.602. The summed E-state index contributed by atoms with van der Waals surface area (Å²) < 4.78 is 15.5. The maximum Gasteiger partial charge on any atom is 0.148 e. The van der Waals surface area contributed by atoms with Crippen molar-refractivity contribution < 1.29 is 4.39 Å². The van der Waals surface area contributed by atoms with Gasteiger partial charge in [0.15, 0.2) is 0 Å². The number of nitrogens with one attached hydrogen (secondary N) is 1. The van der Waals surface area contributed by atoms with Crippen LogP contribution < -0.4 is 11.1 Å². The van der Waals surface area contributed by atoms with E-state index in [1.54, 1.807) is 13.8 Å². The summed E-state index contributed by atoms with van der Waals surface area (Å²) in [6.07, 6.45) is 0.990. The quantitative estimate of drug-likeness (QED) is 0.885. The molecule has 4 nitrogen and oxygen atoms in total. The number of hydrogen-bond donors (Lipinski definition) is 2. The molecule has 2 aromatic rings. The van der Waals surface area contributed by atoms with E-state index in [1.165, 1.54) is 0 Å². The van der Waals surface area contributed by atoms with Crippen molar-refractivity contribution in [2.24, 2.45) is 0 Å². The lowest BCUT2D eigenvalue weighted by Crippen LogP contribution is -2.09. The van der Waals surface area contributed by atoms with Crippen molar-refractivity contribution in [1.29, 1.82) is 0 Å². The number of halogens is 1. The summed E-state index contributed by atoms with van der Waals surface area (Å²) in [4.78, 5) is 0. The SMILES string of the molecule is CCCn1nc(C)c(N)c1NCc1cc(C)c(F)c(C)c1. The number of benzene rings is 1. The van der Waals surface area contributed by atoms with Gasteiger partial charge in [0.2, 0.25) is 0 Å². The Morgan fingerprint density at radius 1 is 1.24 bits per heavy atom. The topological polar surface area (TPSA) is 55.9 Å². The molecule has 0 amide bonds. The van der Waals surface area contributed by atoms with E-state index in [2.05, 4.69) is 17.3 Å². The molecule has 114 valence electrons. The second-order valence-corrected chi connectivity index (χ2v) is 5.47. The van der Waals surface area contributed by atoms with Gasteiger partial charge in [-0.25, -0.2) is 9.07 Å². The van der Waals surface area contributed by atoms with E-state index in [9.17, 15) is 4.39 Å². The summed E-state index contributed by atoms with van der Waals surface area (Å²) >= 11 is 0. The first-order valence-electron chi connectivity index (χ1n) is 7.26. The molecule has 0 radical (unpaired) electrons. The average molecular weight is 290 g/mol. The lowest BCUT2D eigenvalue weighted by Gasteiger charge is -2.12. The minimum atomic E-state index is -0.134. The summed E-state index contributed by atoms with van der Waals surface area (Å²) in [6.45, 7) is 8.99. The molecule has 1 aromatic carbocycles. The number of nitrogen functional groups attached to an aromatic ring is 1. The summed E-state index contributed by atoms with van der Waals surface area (Å²) in [5.41, 5.74) is 9.95. The third-order valence-electron chi connectivity index (χ3n) is 3.57. The normalized spacial score (nSPS) is 10.9. The van der Waals surface area contributed by atoms with Crippen LogP contribution in [0.15, 0.2) is 12.1 Å². The summed E-state index contributed by atoms with van der Waals surface area (Å²) in [5, 5.41) is 7.76. The van der Waals surface area contributed by atoms with Gasteiger partial charge < -0.3 is 11.1 Å². The van der Waals surface area contributed by atoms with E-state index in [4.69, 9.17) is 5.73 Å². The Morgan fingerprint density at radius 2 is 1.86 bits per heavy atom. The van der Waals surface area contributed by atoms with Crippen molar-refractivity contribution in [3.05, 3.63) is 40.3 Å². The number of anilines is 2. The second-order valence-electron chi connectivity index (χ2n) is 5.47. The first kappa shape index (κ1) is 15.4. The van der Waals surface area contributed by atoms with Crippen LogP contribution >= 0.6 is 0 Å². The first-order chi connectivity index (χ1) is 9.93. The monoisotopic (exact) mass is 290 g/mol. The molecular formula is C16H23FN4. The summed E-state index contributed by atoms with van der Waals surface area (Å²) in [6, 6.07) is 3.72. The van der Waals surface area contributed by atoms with E-state index in [0.717, 1.165) is 30.0 Å². The highest BCUT2D eigenvalue weighted by molar-refractivity contribution is 5.64. The molecule has 1 aromatic heterocycles. The molecule has 0 bridgehead atoms. The van der Waals surface area contributed by atoms with Crippen molar-refractivity contribution in [1.82, 2.24) is 9.78 Å². The zero-order chi connectivity index (χ0) is 15.6. The molecule has 0 unspecified atom stereocenters. The predicted molar refractivity (Wildman–Crippen MR) is 84.9 cm³/mol. The Balaban J connectivity index is 2.20. The third-order valence-corrected chi connectivity index (χ3v) is 3.57. The fourth-order valence-corrected chi connectivity index (χ4v) is 2.48. The minimum absolute atomic E-state index is 0.134. The van der Waals surface area contributed by atoms with Crippen molar-refractivity contribution in [2.45, 2.75) is 47.2 Å². The maximum absolute atomic E-state index is 13.7. The molecule has 0 spiro atoms. The van der Waals surface area contributed by atoms with Crippen LogP contribution in [0.25, 0.3) is 0 Å². The molecule has 0 aliphatic carbocycles. The summed E-state index contributed by atoms with van der Waals surface area (Å²) in [7, 11) is 0. The molecule has 1 heterocycles. The number of hydrogen-bond acceptors (Lipinski definition) is 3. The number of rotatable bonds is 5. The molecule has 0 fully saturated rings. The van der Waals surface area contributed by atoms with Crippen molar-refractivity contribution in [3.8, 4) is 0 Å². The Bertz CT molecular complexity index is 623. The molecule has 5 heteroatoms. The molecule has 21 heavy (non-hydrogen) atoms. The highest BCUT2D eigenvalue weighted by atomic mass is 19.1. The number of nitrogens with zero attached hydrogens (tertiary/aromatic N) is 2. The fraction of sp³-hybridized carbons (Fsp3) is 0.438. The third kappa shape index (κ3) is 3.17. The smallest absolute Gasteiger partial charge is 0.148 e. The van der Waals surface area contributed by atoms with Gasteiger partial charge in [-0.3, -0.25) is 0 Å². The molecular weight excluding hydrogens is 267 g/mol. The molecule has 0 saturated carbocycles. The standard InChI is InChI=1S/C16H23FN4/c1-5-6-21-16(15(18)12(4)20-21)19-9-13-7-10(2)14(17)11(3)8-13/h7-8,19H,5-6,9,18H2,1-4H3. The number of nitrogens with two attached hydrogens (primary N) is 1. The van der Waals surface area contributed by atoms with E-state index in [1.807, 2.05) is 23.7 Å². The molecule has 0 aliphatic rings. The van der Waals surface area contributed by atoms with Crippen LogP contribution in [0.1, 0.15) is 35.7 Å². The number of aryl methyl sites for hydroxylation is 4. The van der Waals surface area contributed by atoms with Gasteiger partial charge in [0, 0.05) is 13.1 Å². The van der Waals surface area contributed by atoms with Crippen LogP contribution in [0.5, 0.6) is 0 Å². The Kier molecular flexibility index (Phi) is 4.50. The Hall–Kier alpha value is -2.04. The van der Waals surface area contributed by atoms with Crippen LogP contribution in [0.2, 0.25) is 0 Å². The molecule has 3 N–H and O–H groups in total. The van der Waals surface area contributed by atoms with E-state index >= 15 is 0 Å². The first-order valence-corrected chi connectivity index (χ1v) is 7.26. The highest BCUT2D eigenvalue weighted by Crippen LogP contribution is 2.24. The average Bonchev–Trinajstić information content (AvgIpc) is 2.69. The van der Waals surface area contributed by atoms with Crippen LogP contribution in [-0.2, 0) is 13.1 Å².